The zero-order valence-corrected chi connectivity index (χ0v) is 13.5. The Hall–Kier alpha value is -2.69. The highest BCUT2D eigenvalue weighted by Crippen LogP contribution is 2.26. The van der Waals surface area contributed by atoms with E-state index in [4.69, 9.17) is 4.42 Å². The van der Waals surface area contributed by atoms with Crippen molar-refractivity contribution in [3.8, 4) is 11.5 Å². The normalized spacial score (nSPS) is 10.9. The van der Waals surface area contributed by atoms with Gasteiger partial charge >= 0.3 is 0 Å². The van der Waals surface area contributed by atoms with Crippen molar-refractivity contribution in [2.75, 3.05) is 5.32 Å². The molecule has 124 valence electrons. The first kappa shape index (κ1) is 16.2. The second kappa shape index (κ2) is 7.25. The third-order valence-corrected chi connectivity index (χ3v) is 3.75. The minimum atomic E-state index is -0.338. The van der Waals surface area contributed by atoms with E-state index in [1.807, 2.05) is 0 Å². The van der Waals surface area contributed by atoms with Crippen LogP contribution in [-0.2, 0) is 4.79 Å². The summed E-state index contributed by atoms with van der Waals surface area (Å²) in [5.74, 6) is 0.0161. The number of unbranched alkanes of at least 4 members (excludes halogenated alkanes) is 2. The van der Waals surface area contributed by atoms with Crippen LogP contribution in [0.2, 0.25) is 0 Å². The Morgan fingerprint density at radius 1 is 1.21 bits per heavy atom. The van der Waals surface area contributed by atoms with Gasteiger partial charge in [-0.2, -0.15) is 0 Å². The number of hydrogen-bond acceptors (Lipinski definition) is 3. The van der Waals surface area contributed by atoms with Crippen LogP contribution in [0.1, 0.15) is 32.6 Å². The number of carbonyl (C=O) groups is 1. The minimum Gasteiger partial charge on any atom is -0.436 e. The average Bonchev–Trinajstić information content (AvgIpc) is 2.98. The van der Waals surface area contributed by atoms with Gasteiger partial charge in [-0.05, 0) is 42.8 Å². The lowest BCUT2D eigenvalue weighted by Crippen LogP contribution is -2.10. The maximum absolute atomic E-state index is 13.3. The summed E-state index contributed by atoms with van der Waals surface area (Å²) in [4.78, 5) is 16.3. The Morgan fingerprint density at radius 3 is 2.88 bits per heavy atom. The molecule has 0 atom stereocenters. The number of oxazole rings is 1. The molecule has 1 amide bonds. The van der Waals surface area contributed by atoms with Crippen molar-refractivity contribution in [1.29, 1.82) is 0 Å². The lowest BCUT2D eigenvalue weighted by Gasteiger charge is -2.04. The number of nitrogens with one attached hydrogen (secondary N) is 1. The zero-order chi connectivity index (χ0) is 16.9. The van der Waals surface area contributed by atoms with E-state index in [9.17, 15) is 9.18 Å². The smallest absolute Gasteiger partial charge is 0.227 e. The largest absolute Gasteiger partial charge is 0.436 e. The van der Waals surface area contributed by atoms with Crippen LogP contribution in [0.3, 0.4) is 0 Å². The second-order valence-electron chi connectivity index (χ2n) is 5.72. The van der Waals surface area contributed by atoms with Gasteiger partial charge in [-0.1, -0.05) is 25.8 Å². The summed E-state index contributed by atoms with van der Waals surface area (Å²) >= 11 is 0. The molecule has 0 radical (unpaired) electrons. The third-order valence-electron chi connectivity index (χ3n) is 3.75. The van der Waals surface area contributed by atoms with Crippen LogP contribution >= 0.6 is 0 Å². The van der Waals surface area contributed by atoms with Gasteiger partial charge in [0.05, 0.1) is 0 Å². The summed E-state index contributed by atoms with van der Waals surface area (Å²) in [7, 11) is 0. The highest BCUT2D eigenvalue weighted by Gasteiger charge is 2.10. The maximum Gasteiger partial charge on any atom is 0.227 e. The molecule has 0 aliphatic rings. The van der Waals surface area contributed by atoms with E-state index in [2.05, 4.69) is 17.2 Å². The molecule has 0 saturated heterocycles. The Morgan fingerprint density at radius 2 is 2.08 bits per heavy atom. The van der Waals surface area contributed by atoms with Gasteiger partial charge in [0, 0.05) is 17.7 Å². The van der Waals surface area contributed by atoms with Crippen LogP contribution in [0, 0.1) is 5.82 Å². The first-order valence-electron chi connectivity index (χ1n) is 8.12. The van der Waals surface area contributed by atoms with E-state index in [1.165, 1.54) is 12.1 Å². The van der Waals surface area contributed by atoms with Gasteiger partial charge in [-0.15, -0.1) is 0 Å². The van der Waals surface area contributed by atoms with Gasteiger partial charge in [0.15, 0.2) is 5.58 Å². The number of benzene rings is 2. The number of amides is 1. The van der Waals surface area contributed by atoms with Crippen LogP contribution in [0.4, 0.5) is 10.1 Å². The molecule has 4 nitrogen and oxygen atoms in total. The molecule has 1 aromatic heterocycles. The van der Waals surface area contributed by atoms with E-state index < -0.39 is 0 Å². The number of fused-ring (bicyclic) bond motifs is 1. The molecule has 0 aliphatic carbocycles. The van der Waals surface area contributed by atoms with E-state index in [1.54, 1.807) is 30.3 Å². The quantitative estimate of drug-likeness (QED) is 0.637. The zero-order valence-electron chi connectivity index (χ0n) is 13.5. The molecular weight excluding hydrogens is 307 g/mol. The molecule has 3 aromatic rings. The molecule has 5 heteroatoms. The molecular formula is C19H19FN2O2. The molecule has 0 spiro atoms. The van der Waals surface area contributed by atoms with Crippen molar-refractivity contribution < 1.29 is 13.6 Å². The van der Waals surface area contributed by atoms with Crippen LogP contribution < -0.4 is 5.32 Å². The fourth-order valence-electron chi connectivity index (χ4n) is 2.51. The monoisotopic (exact) mass is 326 g/mol. The van der Waals surface area contributed by atoms with Gasteiger partial charge in [0.1, 0.15) is 11.3 Å². The summed E-state index contributed by atoms with van der Waals surface area (Å²) in [6.45, 7) is 2.10. The van der Waals surface area contributed by atoms with Crippen LogP contribution in [-0.4, -0.2) is 10.9 Å². The summed E-state index contributed by atoms with van der Waals surface area (Å²) in [6, 6.07) is 11.4. The number of rotatable bonds is 6. The van der Waals surface area contributed by atoms with Gasteiger partial charge in [0.2, 0.25) is 11.8 Å². The molecule has 3 rings (SSSR count). The van der Waals surface area contributed by atoms with E-state index in [0.29, 0.717) is 34.7 Å². The Kier molecular flexibility index (Phi) is 4.89. The van der Waals surface area contributed by atoms with Crippen molar-refractivity contribution >= 4 is 22.7 Å². The molecule has 0 unspecified atom stereocenters. The number of hydrogen-bond donors (Lipinski definition) is 1. The first-order chi connectivity index (χ1) is 11.7. The standard InChI is InChI=1S/C19H19FN2O2/c1-2-3-4-8-18(23)21-15-9-10-17-16(12-15)22-19(24-17)13-6-5-7-14(20)11-13/h5-7,9-12H,2-4,8H2,1H3,(H,21,23). The average molecular weight is 326 g/mol. The number of aromatic nitrogens is 1. The predicted molar refractivity (Wildman–Crippen MR) is 92.2 cm³/mol. The van der Waals surface area contributed by atoms with Crippen LogP contribution in [0.15, 0.2) is 46.9 Å². The highest BCUT2D eigenvalue weighted by molar-refractivity contribution is 5.93. The highest BCUT2D eigenvalue weighted by atomic mass is 19.1. The van der Waals surface area contributed by atoms with Crippen LogP contribution in [0.5, 0.6) is 0 Å². The lowest BCUT2D eigenvalue weighted by atomic mass is 10.2. The molecule has 2 aromatic carbocycles. The van der Waals surface area contributed by atoms with Crippen molar-refractivity contribution in [2.24, 2.45) is 0 Å². The minimum absolute atomic E-state index is 0.00310. The van der Waals surface area contributed by atoms with Gasteiger partial charge in [-0.3, -0.25) is 4.79 Å². The lowest BCUT2D eigenvalue weighted by molar-refractivity contribution is -0.116. The molecule has 0 aliphatic heterocycles. The van der Waals surface area contributed by atoms with Crippen molar-refractivity contribution in [3.05, 3.63) is 48.3 Å². The van der Waals surface area contributed by atoms with E-state index >= 15 is 0 Å². The molecule has 1 heterocycles. The number of nitrogens with zero attached hydrogens (tertiary/aromatic N) is 1. The van der Waals surface area contributed by atoms with Gasteiger partial charge in [0.25, 0.3) is 0 Å². The third kappa shape index (κ3) is 3.79. The Bertz CT molecular complexity index is 857. The fraction of sp³-hybridized carbons (Fsp3) is 0.263. The summed E-state index contributed by atoms with van der Waals surface area (Å²) in [6.07, 6.45) is 3.53. The van der Waals surface area contributed by atoms with Crippen molar-refractivity contribution in [2.45, 2.75) is 32.6 Å². The Labute approximate surface area is 139 Å². The van der Waals surface area contributed by atoms with Crippen molar-refractivity contribution in [3.63, 3.8) is 0 Å². The summed E-state index contributed by atoms with van der Waals surface area (Å²) < 4.78 is 19.0. The van der Waals surface area contributed by atoms with Crippen LogP contribution in [0.25, 0.3) is 22.6 Å². The molecule has 24 heavy (non-hydrogen) atoms. The second-order valence-corrected chi connectivity index (χ2v) is 5.72. The number of anilines is 1. The number of carbonyl (C=O) groups excluding carboxylic acids is 1. The predicted octanol–water partition coefficient (Wildman–Crippen LogP) is 5.15. The first-order valence-corrected chi connectivity index (χ1v) is 8.12. The fourth-order valence-corrected chi connectivity index (χ4v) is 2.51. The molecule has 0 fully saturated rings. The van der Waals surface area contributed by atoms with Crippen molar-refractivity contribution in [1.82, 2.24) is 4.98 Å². The molecule has 0 bridgehead atoms. The van der Waals surface area contributed by atoms with Gasteiger partial charge in [-0.25, -0.2) is 9.37 Å². The topological polar surface area (TPSA) is 55.1 Å². The SMILES string of the molecule is CCCCCC(=O)Nc1ccc2oc(-c3cccc(F)c3)nc2c1. The number of halogens is 1. The van der Waals surface area contributed by atoms with Gasteiger partial charge < -0.3 is 9.73 Å². The Balaban J connectivity index is 1.78. The summed E-state index contributed by atoms with van der Waals surface area (Å²) in [5, 5.41) is 2.87. The summed E-state index contributed by atoms with van der Waals surface area (Å²) in [5.41, 5.74) is 2.48. The van der Waals surface area contributed by atoms with E-state index in [-0.39, 0.29) is 11.7 Å². The maximum atomic E-state index is 13.3. The molecule has 1 N–H and O–H groups in total. The molecule has 0 saturated carbocycles. The van der Waals surface area contributed by atoms with E-state index in [0.717, 1.165) is 19.3 Å².